The van der Waals surface area contributed by atoms with E-state index in [4.69, 9.17) is 5.73 Å². The molecule has 0 saturated heterocycles. The lowest BCUT2D eigenvalue weighted by Crippen LogP contribution is -2.16. The molecule has 2 rings (SSSR count). The van der Waals surface area contributed by atoms with Gasteiger partial charge in [0.2, 0.25) is 5.95 Å². The molecular weight excluding hydrogens is 256 g/mol. The average Bonchev–Trinajstić information content (AvgIpc) is 2.74. The zero-order valence-electron chi connectivity index (χ0n) is 9.61. The molecule has 0 aliphatic heterocycles. The first-order valence-electron chi connectivity index (χ1n) is 5.05. The second kappa shape index (κ2) is 4.70. The van der Waals surface area contributed by atoms with Gasteiger partial charge in [-0.1, -0.05) is 0 Å². The van der Waals surface area contributed by atoms with E-state index < -0.39 is 10.0 Å². The minimum absolute atomic E-state index is 0.0442. The van der Waals surface area contributed by atoms with Crippen molar-refractivity contribution in [1.82, 2.24) is 19.7 Å². The number of hydrogen-bond acceptors (Lipinski definition) is 6. The Morgan fingerprint density at radius 3 is 2.67 bits per heavy atom. The van der Waals surface area contributed by atoms with Crippen molar-refractivity contribution in [2.75, 3.05) is 4.72 Å². The molecule has 0 unspecified atom stereocenters. The molecule has 0 spiro atoms. The smallest absolute Gasteiger partial charge is 0.265 e. The first-order valence-corrected chi connectivity index (χ1v) is 6.53. The molecule has 2 heterocycles. The Kier molecular flexibility index (Phi) is 3.26. The summed E-state index contributed by atoms with van der Waals surface area (Å²) in [6.45, 7) is 0.261. The number of sulfonamides is 1. The number of hydrogen-bond donors (Lipinski definition) is 2. The summed E-state index contributed by atoms with van der Waals surface area (Å²) in [7, 11) is -2.12. The fourth-order valence-electron chi connectivity index (χ4n) is 1.26. The topological polar surface area (TPSA) is 116 Å². The zero-order valence-corrected chi connectivity index (χ0v) is 10.4. The highest BCUT2D eigenvalue weighted by molar-refractivity contribution is 7.92. The molecule has 0 saturated carbocycles. The number of nitrogens with one attached hydrogen (secondary N) is 1. The standard InChI is InChI=1S/C9H12N6O2S/c1-15-9(12-6-13-15)14-18(16,17)8-3-2-7(4-10)11-5-8/h2-3,5-6H,4,10H2,1H3,(H,12,13,14). The van der Waals surface area contributed by atoms with Crippen LogP contribution in [0.4, 0.5) is 5.95 Å². The number of anilines is 1. The number of pyridine rings is 1. The van der Waals surface area contributed by atoms with E-state index in [1.54, 1.807) is 13.1 Å². The highest BCUT2D eigenvalue weighted by Gasteiger charge is 2.16. The molecule has 0 atom stereocenters. The first-order chi connectivity index (χ1) is 8.53. The van der Waals surface area contributed by atoms with Crippen LogP contribution in [0, 0.1) is 0 Å². The van der Waals surface area contributed by atoms with E-state index >= 15 is 0 Å². The van der Waals surface area contributed by atoms with Gasteiger partial charge in [-0.05, 0) is 12.1 Å². The van der Waals surface area contributed by atoms with Gasteiger partial charge >= 0.3 is 0 Å². The van der Waals surface area contributed by atoms with Gasteiger partial charge in [0.05, 0.1) is 5.69 Å². The summed E-state index contributed by atoms with van der Waals surface area (Å²) in [4.78, 5) is 7.75. The van der Waals surface area contributed by atoms with Crippen LogP contribution in [0.3, 0.4) is 0 Å². The van der Waals surface area contributed by atoms with Gasteiger partial charge in [0.25, 0.3) is 10.0 Å². The van der Waals surface area contributed by atoms with Gasteiger partial charge in [-0.3, -0.25) is 4.98 Å². The molecule has 18 heavy (non-hydrogen) atoms. The zero-order chi connectivity index (χ0) is 13.2. The fraction of sp³-hybridized carbons (Fsp3) is 0.222. The Hall–Kier alpha value is -2.00. The molecule has 2 aromatic heterocycles. The van der Waals surface area contributed by atoms with Crippen molar-refractivity contribution in [2.24, 2.45) is 12.8 Å². The van der Waals surface area contributed by atoms with Gasteiger partial charge in [-0.15, -0.1) is 0 Å². The monoisotopic (exact) mass is 268 g/mol. The van der Waals surface area contributed by atoms with Crippen molar-refractivity contribution in [3.05, 3.63) is 30.4 Å². The first kappa shape index (κ1) is 12.5. The van der Waals surface area contributed by atoms with Crippen LogP contribution in [0.1, 0.15) is 5.69 Å². The highest BCUT2D eigenvalue weighted by Crippen LogP contribution is 2.12. The lowest BCUT2D eigenvalue weighted by molar-refractivity contribution is 0.599. The molecule has 2 aromatic rings. The van der Waals surface area contributed by atoms with Crippen molar-refractivity contribution in [3.8, 4) is 0 Å². The molecule has 0 aliphatic carbocycles. The quantitative estimate of drug-likeness (QED) is 0.770. The van der Waals surface area contributed by atoms with Crippen LogP contribution in [-0.2, 0) is 23.6 Å². The molecule has 0 aromatic carbocycles. The van der Waals surface area contributed by atoms with Crippen LogP contribution in [0.25, 0.3) is 0 Å². The van der Waals surface area contributed by atoms with Crippen LogP contribution < -0.4 is 10.5 Å². The number of nitrogens with two attached hydrogens (primary N) is 1. The second-order valence-electron chi connectivity index (χ2n) is 3.50. The third-order valence-electron chi connectivity index (χ3n) is 2.25. The predicted molar refractivity (Wildman–Crippen MR) is 63.9 cm³/mol. The maximum Gasteiger partial charge on any atom is 0.265 e. The van der Waals surface area contributed by atoms with E-state index in [2.05, 4.69) is 19.8 Å². The van der Waals surface area contributed by atoms with Crippen molar-refractivity contribution < 1.29 is 8.42 Å². The number of rotatable bonds is 4. The van der Waals surface area contributed by atoms with E-state index in [1.807, 2.05) is 0 Å². The van der Waals surface area contributed by atoms with Crippen LogP contribution in [0.5, 0.6) is 0 Å². The van der Waals surface area contributed by atoms with Gasteiger partial charge in [-0.2, -0.15) is 10.1 Å². The lowest BCUT2D eigenvalue weighted by atomic mass is 10.4. The number of aromatic nitrogens is 4. The van der Waals surface area contributed by atoms with E-state index in [-0.39, 0.29) is 17.4 Å². The Morgan fingerprint density at radius 1 is 1.39 bits per heavy atom. The molecule has 0 radical (unpaired) electrons. The maximum atomic E-state index is 12.0. The molecule has 0 fully saturated rings. The van der Waals surface area contributed by atoms with Crippen molar-refractivity contribution in [1.29, 1.82) is 0 Å². The molecule has 9 heteroatoms. The van der Waals surface area contributed by atoms with Crippen molar-refractivity contribution in [3.63, 3.8) is 0 Å². The molecule has 0 amide bonds. The molecule has 0 aliphatic rings. The van der Waals surface area contributed by atoms with Gasteiger partial charge < -0.3 is 5.73 Å². The highest BCUT2D eigenvalue weighted by atomic mass is 32.2. The fourth-order valence-corrected chi connectivity index (χ4v) is 2.24. The Bertz CT molecular complexity index is 633. The maximum absolute atomic E-state index is 12.0. The van der Waals surface area contributed by atoms with Crippen LogP contribution >= 0.6 is 0 Å². The minimum atomic E-state index is -3.71. The molecule has 3 N–H and O–H groups in total. The van der Waals surface area contributed by atoms with E-state index in [0.717, 1.165) is 0 Å². The summed E-state index contributed by atoms with van der Waals surface area (Å²) in [6, 6.07) is 3.00. The molecule has 8 nitrogen and oxygen atoms in total. The van der Waals surface area contributed by atoms with Crippen LogP contribution in [0.15, 0.2) is 29.6 Å². The summed E-state index contributed by atoms with van der Waals surface area (Å²) < 4.78 is 27.6. The summed E-state index contributed by atoms with van der Waals surface area (Å²) >= 11 is 0. The Morgan fingerprint density at radius 2 is 2.17 bits per heavy atom. The number of aryl methyl sites for hydroxylation is 1. The summed E-state index contributed by atoms with van der Waals surface area (Å²) in [5, 5.41) is 3.77. The largest absolute Gasteiger partial charge is 0.325 e. The van der Waals surface area contributed by atoms with E-state index in [0.29, 0.717) is 5.69 Å². The Balaban J connectivity index is 2.28. The third-order valence-corrected chi connectivity index (χ3v) is 3.57. The molecular formula is C9H12N6O2S. The molecule has 0 bridgehead atoms. The summed E-state index contributed by atoms with van der Waals surface area (Å²) in [5.41, 5.74) is 6.01. The van der Waals surface area contributed by atoms with E-state index in [9.17, 15) is 8.42 Å². The SMILES string of the molecule is Cn1ncnc1NS(=O)(=O)c1ccc(CN)nc1. The van der Waals surface area contributed by atoms with Gasteiger partial charge in [0.1, 0.15) is 11.2 Å². The van der Waals surface area contributed by atoms with Crippen LogP contribution in [0.2, 0.25) is 0 Å². The average molecular weight is 268 g/mol. The predicted octanol–water partition coefficient (Wildman–Crippen LogP) is -0.530. The normalized spacial score (nSPS) is 11.4. The molecule has 96 valence electrons. The minimum Gasteiger partial charge on any atom is -0.325 e. The van der Waals surface area contributed by atoms with Gasteiger partial charge in [0.15, 0.2) is 0 Å². The van der Waals surface area contributed by atoms with Crippen molar-refractivity contribution in [2.45, 2.75) is 11.4 Å². The number of nitrogens with zero attached hydrogens (tertiary/aromatic N) is 4. The summed E-state index contributed by atoms with van der Waals surface area (Å²) in [5.74, 6) is 0.137. The van der Waals surface area contributed by atoms with E-state index in [1.165, 1.54) is 23.3 Å². The van der Waals surface area contributed by atoms with Gasteiger partial charge in [-0.25, -0.2) is 17.8 Å². The Labute approximate surface area is 104 Å². The van der Waals surface area contributed by atoms with Crippen LogP contribution in [-0.4, -0.2) is 28.2 Å². The lowest BCUT2D eigenvalue weighted by Gasteiger charge is -2.06. The summed E-state index contributed by atoms with van der Waals surface area (Å²) in [6.07, 6.45) is 2.51. The second-order valence-corrected chi connectivity index (χ2v) is 5.18. The third kappa shape index (κ3) is 2.46. The van der Waals surface area contributed by atoms with Crippen molar-refractivity contribution >= 4 is 16.0 Å². The van der Waals surface area contributed by atoms with Gasteiger partial charge in [0, 0.05) is 19.8 Å².